The van der Waals surface area contributed by atoms with Gasteiger partial charge in [-0.2, -0.15) is 0 Å². The van der Waals surface area contributed by atoms with Crippen LogP contribution in [-0.4, -0.2) is 23.4 Å². The van der Waals surface area contributed by atoms with Crippen molar-refractivity contribution in [2.24, 2.45) is 0 Å². The quantitative estimate of drug-likeness (QED) is 0.535. The molecule has 6 nitrogen and oxygen atoms in total. The van der Waals surface area contributed by atoms with E-state index in [1.165, 1.54) is 29.5 Å². The first kappa shape index (κ1) is 20.4. The Bertz CT molecular complexity index is 863. The Hall–Kier alpha value is -2.87. The lowest BCUT2D eigenvalue weighted by Gasteiger charge is -2.07. The van der Waals surface area contributed by atoms with Gasteiger partial charge in [-0.1, -0.05) is 12.1 Å². The molecule has 0 aliphatic carbocycles. The molecule has 2 amide bonds. The summed E-state index contributed by atoms with van der Waals surface area (Å²) < 4.78 is 13.4. The maximum Gasteiger partial charge on any atom is 0.272 e. The van der Waals surface area contributed by atoms with E-state index >= 15 is 0 Å². The van der Waals surface area contributed by atoms with Crippen molar-refractivity contribution in [2.75, 3.05) is 0 Å². The van der Waals surface area contributed by atoms with Gasteiger partial charge in [0.25, 0.3) is 5.91 Å². The summed E-state index contributed by atoms with van der Waals surface area (Å²) in [4.78, 5) is 48.9. The molecule has 1 aromatic carbocycles. The van der Waals surface area contributed by atoms with Crippen molar-refractivity contribution in [1.29, 1.82) is 0 Å². The van der Waals surface area contributed by atoms with Gasteiger partial charge in [0, 0.05) is 30.6 Å². The summed E-state index contributed by atoms with van der Waals surface area (Å²) in [5, 5.41) is 0. The highest BCUT2D eigenvalue weighted by molar-refractivity contribution is 7.14. The average Bonchev–Trinajstić information content (AvgIpc) is 3.09. The van der Waals surface area contributed by atoms with Gasteiger partial charge in [-0.15, -0.1) is 11.3 Å². The first-order valence-corrected chi connectivity index (χ1v) is 9.13. The summed E-state index contributed by atoms with van der Waals surface area (Å²) in [6.45, 7) is 1.90. The molecule has 8 heteroatoms. The Morgan fingerprint density at radius 3 is 2.30 bits per heavy atom. The number of hydrogen-bond donors (Lipinski definition) is 2. The number of halogens is 1. The van der Waals surface area contributed by atoms with Gasteiger partial charge in [-0.25, -0.2) is 4.39 Å². The number of ketones is 2. The Morgan fingerprint density at radius 2 is 1.63 bits per heavy atom. The average molecular weight is 390 g/mol. The molecule has 0 aliphatic heterocycles. The van der Waals surface area contributed by atoms with Crippen LogP contribution in [0.5, 0.6) is 0 Å². The molecule has 0 saturated carbocycles. The second-order valence-electron chi connectivity index (χ2n) is 5.85. The van der Waals surface area contributed by atoms with E-state index in [4.69, 9.17) is 0 Å². The van der Waals surface area contributed by atoms with E-state index in [1.54, 1.807) is 6.07 Å². The molecule has 0 radical (unpaired) electrons. The highest BCUT2D eigenvalue weighted by Crippen LogP contribution is 2.17. The van der Waals surface area contributed by atoms with Crippen LogP contribution >= 0.6 is 11.3 Å². The molecule has 0 spiro atoms. The molecule has 2 rings (SSSR count). The highest BCUT2D eigenvalue weighted by Gasteiger charge is 2.14. The molecule has 0 aliphatic rings. The molecular weight excluding hydrogens is 371 g/mol. The van der Waals surface area contributed by atoms with Crippen LogP contribution in [-0.2, 0) is 9.59 Å². The van der Waals surface area contributed by atoms with Crippen LogP contribution in [0, 0.1) is 12.7 Å². The van der Waals surface area contributed by atoms with Gasteiger partial charge in [0.2, 0.25) is 5.91 Å². The molecule has 0 fully saturated rings. The van der Waals surface area contributed by atoms with Crippen LogP contribution in [0.1, 0.15) is 50.6 Å². The number of hydrazine groups is 1. The molecule has 0 saturated heterocycles. The molecule has 0 unspecified atom stereocenters. The van der Waals surface area contributed by atoms with Crippen molar-refractivity contribution in [3.63, 3.8) is 0 Å². The lowest BCUT2D eigenvalue weighted by atomic mass is 10.1. The van der Waals surface area contributed by atoms with Crippen molar-refractivity contribution in [3.05, 3.63) is 57.5 Å². The smallest absolute Gasteiger partial charge is 0.272 e. The van der Waals surface area contributed by atoms with Crippen molar-refractivity contribution < 1.29 is 23.6 Å². The van der Waals surface area contributed by atoms with Crippen LogP contribution in [0.2, 0.25) is 0 Å². The van der Waals surface area contributed by atoms with Crippen LogP contribution in [0.4, 0.5) is 4.39 Å². The lowest BCUT2D eigenvalue weighted by Crippen LogP contribution is -2.42. The van der Waals surface area contributed by atoms with Crippen LogP contribution < -0.4 is 10.9 Å². The second kappa shape index (κ2) is 9.72. The molecule has 0 atom stereocenters. The summed E-state index contributed by atoms with van der Waals surface area (Å²) in [6.07, 6.45) is -0.0179. The number of Topliss-reactive ketones (excluding diaryl/α,β-unsaturated/α-hetero) is 2. The maximum atomic E-state index is 13.4. The third-order valence-electron chi connectivity index (χ3n) is 3.71. The van der Waals surface area contributed by atoms with E-state index in [0.29, 0.717) is 4.88 Å². The highest BCUT2D eigenvalue weighted by atomic mass is 32.1. The van der Waals surface area contributed by atoms with Gasteiger partial charge >= 0.3 is 0 Å². The molecule has 142 valence electrons. The number of hydrogen-bond acceptors (Lipinski definition) is 5. The summed E-state index contributed by atoms with van der Waals surface area (Å²) in [7, 11) is 0. The first-order valence-electron chi connectivity index (χ1n) is 8.32. The Kier molecular flexibility index (Phi) is 7.36. The SMILES string of the molecule is Cc1ccc(C(=O)CCC(=O)CCC(=O)NNC(=O)c2ccccc2F)s1. The van der Waals surface area contributed by atoms with E-state index in [1.807, 2.05) is 13.0 Å². The van der Waals surface area contributed by atoms with E-state index in [-0.39, 0.29) is 42.8 Å². The number of nitrogens with one attached hydrogen (secondary N) is 2. The number of benzene rings is 1. The van der Waals surface area contributed by atoms with Crippen molar-refractivity contribution in [1.82, 2.24) is 10.9 Å². The maximum absolute atomic E-state index is 13.4. The van der Waals surface area contributed by atoms with Crippen molar-refractivity contribution in [2.45, 2.75) is 32.6 Å². The fraction of sp³-hybridized carbons (Fsp3) is 0.263. The Morgan fingerprint density at radius 1 is 0.926 bits per heavy atom. The molecular formula is C19H19FN2O4S. The number of rotatable bonds is 8. The molecule has 0 bridgehead atoms. The number of amides is 2. The number of carbonyl (C=O) groups is 4. The predicted octanol–water partition coefficient (Wildman–Crippen LogP) is 2.97. The zero-order chi connectivity index (χ0) is 19.8. The monoisotopic (exact) mass is 390 g/mol. The van der Waals surface area contributed by atoms with Gasteiger partial charge < -0.3 is 0 Å². The molecule has 2 aromatic rings. The second-order valence-corrected chi connectivity index (χ2v) is 7.14. The van der Waals surface area contributed by atoms with Crippen LogP contribution in [0.15, 0.2) is 36.4 Å². The number of aryl methyl sites for hydroxylation is 1. The number of thiophene rings is 1. The zero-order valence-electron chi connectivity index (χ0n) is 14.7. The molecule has 2 N–H and O–H groups in total. The predicted molar refractivity (Wildman–Crippen MR) is 98.9 cm³/mol. The summed E-state index contributed by atoms with van der Waals surface area (Å²) in [5.41, 5.74) is 4.03. The van der Waals surface area contributed by atoms with Gasteiger partial charge in [0.1, 0.15) is 11.6 Å². The van der Waals surface area contributed by atoms with E-state index < -0.39 is 17.6 Å². The summed E-state index contributed by atoms with van der Waals surface area (Å²) in [6, 6.07) is 8.94. The van der Waals surface area contributed by atoms with E-state index in [2.05, 4.69) is 10.9 Å². The van der Waals surface area contributed by atoms with Gasteiger partial charge in [-0.05, 0) is 31.2 Å². The number of carbonyl (C=O) groups excluding carboxylic acids is 4. The molecule has 1 aromatic heterocycles. The molecule has 1 heterocycles. The van der Waals surface area contributed by atoms with Gasteiger partial charge in [-0.3, -0.25) is 30.0 Å². The topological polar surface area (TPSA) is 92.3 Å². The Balaban J connectivity index is 1.67. The van der Waals surface area contributed by atoms with Crippen LogP contribution in [0.25, 0.3) is 0 Å². The van der Waals surface area contributed by atoms with Gasteiger partial charge in [0.05, 0.1) is 10.4 Å². The van der Waals surface area contributed by atoms with E-state index in [9.17, 15) is 23.6 Å². The summed E-state index contributed by atoms with van der Waals surface area (Å²) >= 11 is 1.38. The minimum atomic E-state index is -0.787. The fourth-order valence-electron chi connectivity index (χ4n) is 2.24. The van der Waals surface area contributed by atoms with Crippen molar-refractivity contribution in [3.8, 4) is 0 Å². The summed E-state index contributed by atoms with van der Waals surface area (Å²) in [5.74, 6) is -2.38. The van der Waals surface area contributed by atoms with Crippen molar-refractivity contribution >= 4 is 34.7 Å². The third-order valence-corrected chi connectivity index (χ3v) is 4.75. The first-order chi connectivity index (χ1) is 12.9. The molecule has 27 heavy (non-hydrogen) atoms. The minimum Gasteiger partial charge on any atom is -0.300 e. The normalized spacial score (nSPS) is 10.3. The largest absolute Gasteiger partial charge is 0.300 e. The van der Waals surface area contributed by atoms with Gasteiger partial charge in [0.15, 0.2) is 5.78 Å². The third kappa shape index (κ3) is 6.41. The zero-order valence-corrected chi connectivity index (χ0v) is 15.5. The van der Waals surface area contributed by atoms with Crippen LogP contribution in [0.3, 0.4) is 0 Å². The minimum absolute atomic E-state index is 0.0435. The fourth-order valence-corrected chi connectivity index (χ4v) is 3.08. The lowest BCUT2D eigenvalue weighted by molar-refractivity contribution is -0.125. The standard InChI is InChI=1S/C19H19FN2O4S/c1-12-6-10-17(27-12)16(24)9-7-13(23)8-11-18(25)21-22-19(26)14-4-2-3-5-15(14)20/h2-6,10H,7-9,11H2,1H3,(H,21,25)(H,22,26). The van der Waals surface area contributed by atoms with E-state index in [0.717, 1.165) is 10.9 Å². The Labute approximate surface area is 159 Å².